The zero-order valence-electron chi connectivity index (χ0n) is 10.3. The van der Waals surface area contributed by atoms with E-state index in [1.165, 1.54) is 44.9 Å². The van der Waals surface area contributed by atoms with Crippen LogP contribution in [0.15, 0.2) is 0 Å². The molecule has 3 atom stereocenters. The average molecular weight is 210 g/mol. The molecule has 0 saturated heterocycles. The predicted molar refractivity (Wildman–Crippen MR) is 63.7 cm³/mol. The van der Waals surface area contributed by atoms with Gasteiger partial charge in [0.15, 0.2) is 0 Å². The largest absolute Gasteiger partial charge is 0.390 e. The summed E-state index contributed by atoms with van der Waals surface area (Å²) >= 11 is 0. The van der Waals surface area contributed by atoms with Crippen LogP contribution in [0.3, 0.4) is 0 Å². The van der Waals surface area contributed by atoms with Crippen LogP contribution in [0.5, 0.6) is 0 Å². The Morgan fingerprint density at radius 1 is 1.13 bits per heavy atom. The predicted octanol–water partition coefficient (Wildman–Crippen LogP) is 3.75. The van der Waals surface area contributed by atoms with Crippen molar-refractivity contribution in [3.63, 3.8) is 0 Å². The van der Waals surface area contributed by atoms with Crippen LogP contribution >= 0.6 is 0 Å². The molecular formula is C14H26O. The third kappa shape index (κ3) is 2.75. The molecule has 15 heavy (non-hydrogen) atoms. The van der Waals surface area contributed by atoms with E-state index in [9.17, 15) is 5.11 Å². The lowest BCUT2D eigenvalue weighted by Gasteiger charge is -2.41. The van der Waals surface area contributed by atoms with E-state index < -0.39 is 0 Å². The topological polar surface area (TPSA) is 20.2 Å². The lowest BCUT2D eigenvalue weighted by atomic mass is 9.68. The van der Waals surface area contributed by atoms with E-state index >= 15 is 0 Å². The highest BCUT2D eigenvalue weighted by atomic mass is 16.3. The Labute approximate surface area is 94.3 Å². The highest BCUT2D eigenvalue weighted by Gasteiger charge is 2.37. The summed E-state index contributed by atoms with van der Waals surface area (Å²) in [6.07, 6.45) is 10.4. The van der Waals surface area contributed by atoms with E-state index in [-0.39, 0.29) is 5.60 Å². The van der Waals surface area contributed by atoms with Crippen molar-refractivity contribution in [3.8, 4) is 0 Å². The Balaban J connectivity index is 1.87. The van der Waals surface area contributed by atoms with Gasteiger partial charge in [0.25, 0.3) is 0 Å². The summed E-state index contributed by atoms with van der Waals surface area (Å²) in [6, 6.07) is 0. The molecule has 0 aromatic carbocycles. The molecule has 1 nitrogen and oxygen atoms in total. The number of rotatable bonds is 3. The fourth-order valence-corrected chi connectivity index (χ4v) is 3.45. The molecule has 2 rings (SSSR count). The van der Waals surface area contributed by atoms with Crippen molar-refractivity contribution in [1.82, 2.24) is 0 Å². The molecule has 0 aromatic heterocycles. The molecule has 2 fully saturated rings. The first-order valence-electron chi connectivity index (χ1n) is 6.80. The van der Waals surface area contributed by atoms with Gasteiger partial charge in [0, 0.05) is 0 Å². The first-order chi connectivity index (χ1) is 7.08. The van der Waals surface area contributed by atoms with Gasteiger partial charge in [0.1, 0.15) is 0 Å². The minimum Gasteiger partial charge on any atom is -0.390 e. The van der Waals surface area contributed by atoms with E-state index in [0.29, 0.717) is 5.92 Å². The molecular weight excluding hydrogens is 184 g/mol. The molecule has 3 unspecified atom stereocenters. The van der Waals surface area contributed by atoms with Crippen LogP contribution in [0.4, 0.5) is 0 Å². The molecule has 0 heterocycles. The second-order valence-corrected chi connectivity index (χ2v) is 6.33. The molecule has 0 bridgehead atoms. The van der Waals surface area contributed by atoms with Gasteiger partial charge in [-0.2, -0.15) is 0 Å². The third-order valence-electron chi connectivity index (χ3n) is 4.74. The van der Waals surface area contributed by atoms with Crippen molar-refractivity contribution < 1.29 is 5.11 Å². The Morgan fingerprint density at radius 2 is 1.80 bits per heavy atom. The van der Waals surface area contributed by atoms with E-state index in [0.717, 1.165) is 18.3 Å². The van der Waals surface area contributed by atoms with Crippen LogP contribution < -0.4 is 0 Å². The molecule has 2 aliphatic rings. The summed E-state index contributed by atoms with van der Waals surface area (Å²) < 4.78 is 0. The quantitative estimate of drug-likeness (QED) is 0.752. The molecule has 2 aliphatic carbocycles. The second kappa shape index (κ2) is 4.45. The van der Waals surface area contributed by atoms with Gasteiger partial charge in [-0.15, -0.1) is 0 Å². The van der Waals surface area contributed by atoms with E-state index in [4.69, 9.17) is 0 Å². The molecule has 88 valence electrons. The molecule has 1 heteroatoms. The maximum atomic E-state index is 10.6. The Hall–Kier alpha value is -0.0400. The standard InChI is InChI=1S/C14H26O/c1-11-5-3-8-13(9-11)14(2,15)10-12-6-4-7-12/h11-13,15H,3-10H2,1-2H3. The zero-order valence-corrected chi connectivity index (χ0v) is 10.3. The van der Waals surface area contributed by atoms with Crippen molar-refractivity contribution in [2.75, 3.05) is 0 Å². The lowest BCUT2D eigenvalue weighted by Crippen LogP contribution is -2.40. The summed E-state index contributed by atoms with van der Waals surface area (Å²) in [5.74, 6) is 2.23. The Kier molecular flexibility index (Phi) is 3.39. The smallest absolute Gasteiger partial charge is 0.0650 e. The minimum absolute atomic E-state index is 0.375. The molecule has 2 saturated carbocycles. The van der Waals surface area contributed by atoms with Crippen molar-refractivity contribution in [1.29, 1.82) is 0 Å². The summed E-state index contributed by atoms with van der Waals surface area (Å²) in [5.41, 5.74) is -0.375. The fraction of sp³-hybridized carbons (Fsp3) is 1.00. The van der Waals surface area contributed by atoms with Crippen molar-refractivity contribution in [2.24, 2.45) is 17.8 Å². The maximum absolute atomic E-state index is 10.6. The van der Waals surface area contributed by atoms with Crippen molar-refractivity contribution >= 4 is 0 Å². The number of hydrogen-bond acceptors (Lipinski definition) is 1. The molecule has 1 N–H and O–H groups in total. The minimum atomic E-state index is -0.375. The summed E-state index contributed by atoms with van der Waals surface area (Å²) in [5, 5.41) is 10.6. The van der Waals surface area contributed by atoms with E-state index in [1.54, 1.807) is 0 Å². The monoisotopic (exact) mass is 210 g/mol. The van der Waals surface area contributed by atoms with Crippen molar-refractivity contribution in [2.45, 2.75) is 70.8 Å². The highest BCUT2D eigenvalue weighted by molar-refractivity contribution is 4.89. The van der Waals surface area contributed by atoms with Crippen LogP contribution in [-0.4, -0.2) is 10.7 Å². The Bertz CT molecular complexity index is 205. The van der Waals surface area contributed by atoms with Crippen LogP contribution in [0, 0.1) is 17.8 Å². The maximum Gasteiger partial charge on any atom is 0.0650 e. The van der Waals surface area contributed by atoms with Gasteiger partial charge in [0.05, 0.1) is 5.60 Å². The number of aliphatic hydroxyl groups is 1. The fourth-order valence-electron chi connectivity index (χ4n) is 3.45. The van der Waals surface area contributed by atoms with Gasteiger partial charge in [-0.05, 0) is 43.9 Å². The highest BCUT2D eigenvalue weighted by Crippen LogP contribution is 2.42. The summed E-state index contributed by atoms with van der Waals surface area (Å²) in [4.78, 5) is 0. The third-order valence-corrected chi connectivity index (χ3v) is 4.74. The average Bonchev–Trinajstić information content (AvgIpc) is 2.12. The van der Waals surface area contributed by atoms with Gasteiger partial charge in [-0.25, -0.2) is 0 Å². The first-order valence-corrected chi connectivity index (χ1v) is 6.80. The van der Waals surface area contributed by atoms with Gasteiger partial charge >= 0.3 is 0 Å². The SMILES string of the molecule is CC1CCCC(C(C)(O)CC2CCC2)C1. The van der Waals surface area contributed by atoms with E-state index in [1.807, 2.05) is 0 Å². The van der Waals surface area contributed by atoms with E-state index in [2.05, 4.69) is 13.8 Å². The van der Waals surface area contributed by atoms with Gasteiger partial charge in [0.2, 0.25) is 0 Å². The van der Waals surface area contributed by atoms with Crippen molar-refractivity contribution in [3.05, 3.63) is 0 Å². The molecule has 0 aromatic rings. The molecule has 0 aliphatic heterocycles. The van der Waals surface area contributed by atoms with Crippen LogP contribution in [-0.2, 0) is 0 Å². The lowest BCUT2D eigenvalue weighted by molar-refractivity contribution is -0.0506. The molecule has 0 amide bonds. The van der Waals surface area contributed by atoms with Crippen LogP contribution in [0.2, 0.25) is 0 Å². The summed E-state index contributed by atoms with van der Waals surface area (Å²) in [7, 11) is 0. The van der Waals surface area contributed by atoms with Gasteiger partial charge in [-0.1, -0.05) is 39.0 Å². The number of hydrogen-bond donors (Lipinski definition) is 1. The van der Waals surface area contributed by atoms with Crippen LogP contribution in [0.1, 0.15) is 65.2 Å². The zero-order chi connectivity index (χ0) is 10.9. The normalized spacial score (nSPS) is 37.0. The van der Waals surface area contributed by atoms with Gasteiger partial charge < -0.3 is 5.11 Å². The summed E-state index contributed by atoms with van der Waals surface area (Å²) in [6.45, 7) is 4.43. The molecule has 0 radical (unpaired) electrons. The first kappa shape index (κ1) is 11.4. The van der Waals surface area contributed by atoms with Crippen LogP contribution in [0.25, 0.3) is 0 Å². The molecule has 0 spiro atoms. The Morgan fingerprint density at radius 3 is 2.33 bits per heavy atom. The second-order valence-electron chi connectivity index (χ2n) is 6.33. The van der Waals surface area contributed by atoms with Gasteiger partial charge in [-0.3, -0.25) is 0 Å².